The molecule has 6 nitrogen and oxygen atoms in total. The summed E-state index contributed by atoms with van der Waals surface area (Å²) in [6.07, 6.45) is 3.61. The lowest BCUT2D eigenvalue weighted by atomic mass is 10.1. The number of likely N-dealkylation sites (tertiary alicyclic amines) is 1. The van der Waals surface area contributed by atoms with Gasteiger partial charge in [0, 0.05) is 23.3 Å². The minimum Gasteiger partial charge on any atom is -0.333 e. The Morgan fingerprint density at radius 1 is 1.52 bits per heavy atom. The van der Waals surface area contributed by atoms with Crippen molar-refractivity contribution in [1.29, 1.82) is 0 Å². The summed E-state index contributed by atoms with van der Waals surface area (Å²) in [5.74, 6) is -0.00454. The van der Waals surface area contributed by atoms with Crippen LogP contribution in [0.2, 0.25) is 0 Å². The topological polar surface area (TPSA) is 71.0 Å². The molecule has 2 aromatic rings. The molecule has 1 saturated heterocycles. The van der Waals surface area contributed by atoms with Crippen molar-refractivity contribution in [3.05, 3.63) is 38.2 Å². The van der Waals surface area contributed by atoms with E-state index in [4.69, 9.17) is 0 Å². The minimum atomic E-state index is -0.0596. The Morgan fingerprint density at radius 2 is 2.33 bits per heavy atom. The molecule has 2 aromatic heterocycles. The third kappa shape index (κ3) is 2.53. The second kappa shape index (κ2) is 5.48. The van der Waals surface area contributed by atoms with Crippen LogP contribution in [-0.4, -0.2) is 32.1 Å². The van der Waals surface area contributed by atoms with E-state index in [1.807, 2.05) is 24.8 Å². The van der Waals surface area contributed by atoms with E-state index < -0.39 is 0 Å². The predicted octanol–water partition coefficient (Wildman–Crippen LogP) is 1.61. The lowest BCUT2D eigenvalue weighted by molar-refractivity contribution is -0.132. The summed E-state index contributed by atoms with van der Waals surface area (Å²) in [5.41, 5.74) is 1.85. The number of carbonyl (C=O) groups is 1. The van der Waals surface area contributed by atoms with Crippen LogP contribution in [0.5, 0.6) is 0 Å². The summed E-state index contributed by atoms with van der Waals surface area (Å²) in [7, 11) is 0. The minimum absolute atomic E-state index is 0.00454. The van der Waals surface area contributed by atoms with Crippen molar-refractivity contribution < 1.29 is 4.79 Å². The van der Waals surface area contributed by atoms with Gasteiger partial charge < -0.3 is 4.90 Å². The first-order chi connectivity index (χ1) is 10.1. The standard InChI is InChI=1S/C14H18N4O2S/c1-9-10(2)21-14(20)18(9)8-13(19)17-7-3-4-12(17)11-5-6-15-16-11/h5-6,12H,3-4,7-8H2,1-2H3,(H,15,16). The molecule has 1 amide bonds. The number of aromatic amines is 1. The molecule has 0 aliphatic carbocycles. The van der Waals surface area contributed by atoms with Gasteiger partial charge in [0.05, 0.1) is 11.7 Å². The molecule has 7 heteroatoms. The lowest BCUT2D eigenvalue weighted by Crippen LogP contribution is -2.35. The summed E-state index contributed by atoms with van der Waals surface area (Å²) in [5, 5.41) is 6.90. The first kappa shape index (κ1) is 14.1. The van der Waals surface area contributed by atoms with Crippen molar-refractivity contribution in [1.82, 2.24) is 19.7 Å². The van der Waals surface area contributed by atoms with Crippen molar-refractivity contribution in [3.63, 3.8) is 0 Å². The van der Waals surface area contributed by atoms with Gasteiger partial charge in [0.25, 0.3) is 0 Å². The van der Waals surface area contributed by atoms with Crippen LogP contribution in [0.4, 0.5) is 0 Å². The zero-order valence-corrected chi connectivity index (χ0v) is 12.9. The molecule has 0 spiro atoms. The number of H-pyrrole nitrogens is 1. The molecule has 1 N–H and O–H groups in total. The first-order valence-corrected chi connectivity index (χ1v) is 7.85. The third-order valence-electron chi connectivity index (χ3n) is 4.12. The van der Waals surface area contributed by atoms with Crippen LogP contribution >= 0.6 is 11.3 Å². The Hall–Kier alpha value is -1.89. The van der Waals surface area contributed by atoms with Gasteiger partial charge in [0.1, 0.15) is 6.54 Å². The Labute approximate surface area is 126 Å². The van der Waals surface area contributed by atoms with Crippen LogP contribution in [0, 0.1) is 13.8 Å². The van der Waals surface area contributed by atoms with Crippen LogP contribution in [0.3, 0.4) is 0 Å². The van der Waals surface area contributed by atoms with E-state index in [1.165, 1.54) is 11.3 Å². The van der Waals surface area contributed by atoms with Gasteiger partial charge in [-0.15, -0.1) is 0 Å². The van der Waals surface area contributed by atoms with E-state index in [1.54, 1.807) is 10.8 Å². The number of thiazole rings is 1. The fourth-order valence-electron chi connectivity index (χ4n) is 2.84. The second-order valence-corrected chi connectivity index (χ2v) is 6.52. The molecule has 1 fully saturated rings. The molecule has 1 aliphatic heterocycles. The number of nitrogens with zero attached hydrogens (tertiary/aromatic N) is 3. The molecule has 3 heterocycles. The number of amides is 1. The fraction of sp³-hybridized carbons (Fsp3) is 0.500. The normalized spacial score (nSPS) is 18.4. The maximum Gasteiger partial charge on any atom is 0.308 e. The Balaban J connectivity index is 1.80. The summed E-state index contributed by atoms with van der Waals surface area (Å²) < 4.78 is 1.57. The quantitative estimate of drug-likeness (QED) is 0.936. The number of aromatic nitrogens is 3. The maximum absolute atomic E-state index is 12.6. The van der Waals surface area contributed by atoms with Gasteiger partial charge in [-0.2, -0.15) is 5.10 Å². The summed E-state index contributed by atoms with van der Waals surface area (Å²) in [6, 6.07) is 1.96. The molecule has 0 saturated carbocycles. The molecule has 0 radical (unpaired) electrons. The van der Waals surface area contributed by atoms with Gasteiger partial charge in [-0.05, 0) is 32.8 Å². The van der Waals surface area contributed by atoms with Crippen LogP contribution in [0.1, 0.15) is 35.1 Å². The monoisotopic (exact) mass is 306 g/mol. The molecule has 3 rings (SSSR count). The number of aryl methyl sites for hydroxylation is 1. The van der Waals surface area contributed by atoms with Gasteiger partial charge in [-0.25, -0.2) is 0 Å². The highest BCUT2D eigenvalue weighted by atomic mass is 32.1. The maximum atomic E-state index is 12.6. The summed E-state index contributed by atoms with van der Waals surface area (Å²) in [4.78, 5) is 27.3. The summed E-state index contributed by atoms with van der Waals surface area (Å²) >= 11 is 1.20. The average Bonchev–Trinajstić information content (AvgIpc) is 3.15. The van der Waals surface area contributed by atoms with E-state index in [-0.39, 0.29) is 23.4 Å². The molecule has 21 heavy (non-hydrogen) atoms. The van der Waals surface area contributed by atoms with Crippen molar-refractivity contribution in [3.8, 4) is 0 Å². The van der Waals surface area contributed by atoms with Gasteiger partial charge in [-0.1, -0.05) is 11.3 Å². The Morgan fingerprint density at radius 3 is 2.95 bits per heavy atom. The van der Waals surface area contributed by atoms with Crippen molar-refractivity contribution in [2.45, 2.75) is 39.3 Å². The molecule has 112 valence electrons. The third-order valence-corrected chi connectivity index (χ3v) is 5.12. The zero-order valence-electron chi connectivity index (χ0n) is 12.1. The molecular formula is C14H18N4O2S. The number of hydrogen-bond acceptors (Lipinski definition) is 4. The number of carbonyl (C=O) groups excluding carboxylic acids is 1. The van der Waals surface area contributed by atoms with E-state index in [9.17, 15) is 9.59 Å². The van der Waals surface area contributed by atoms with Crippen LogP contribution in [0.25, 0.3) is 0 Å². The van der Waals surface area contributed by atoms with Crippen molar-refractivity contribution >= 4 is 17.2 Å². The van der Waals surface area contributed by atoms with Gasteiger partial charge in [0.2, 0.25) is 5.91 Å². The first-order valence-electron chi connectivity index (χ1n) is 7.03. The number of nitrogens with one attached hydrogen (secondary N) is 1. The Bertz CT molecular complexity index is 701. The highest BCUT2D eigenvalue weighted by Gasteiger charge is 2.31. The van der Waals surface area contributed by atoms with E-state index in [2.05, 4.69) is 10.2 Å². The predicted molar refractivity (Wildman–Crippen MR) is 80.3 cm³/mol. The largest absolute Gasteiger partial charge is 0.333 e. The van der Waals surface area contributed by atoms with Gasteiger partial charge in [0.15, 0.2) is 0 Å². The van der Waals surface area contributed by atoms with Crippen LogP contribution < -0.4 is 4.87 Å². The number of hydrogen-bond donors (Lipinski definition) is 1. The Kier molecular flexibility index (Phi) is 3.67. The number of rotatable bonds is 3. The van der Waals surface area contributed by atoms with Gasteiger partial charge in [-0.3, -0.25) is 19.3 Å². The van der Waals surface area contributed by atoms with Crippen LogP contribution in [0.15, 0.2) is 17.1 Å². The summed E-state index contributed by atoms with van der Waals surface area (Å²) in [6.45, 7) is 4.65. The average molecular weight is 306 g/mol. The molecule has 0 bridgehead atoms. The van der Waals surface area contributed by atoms with E-state index in [0.29, 0.717) is 0 Å². The van der Waals surface area contributed by atoms with Crippen molar-refractivity contribution in [2.24, 2.45) is 0 Å². The SMILES string of the molecule is Cc1sc(=O)n(CC(=O)N2CCCC2c2ccn[nH]2)c1C. The molecule has 1 unspecified atom stereocenters. The van der Waals surface area contributed by atoms with Crippen LogP contribution in [-0.2, 0) is 11.3 Å². The molecule has 0 aromatic carbocycles. The van der Waals surface area contributed by atoms with Crippen molar-refractivity contribution in [2.75, 3.05) is 6.54 Å². The smallest absolute Gasteiger partial charge is 0.308 e. The zero-order chi connectivity index (χ0) is 15.0. The molecule has 1 atom stereocenters. The second-order valence-electron chi connectivity index (χ2n) is 5.35. The molecular weight excluding hydrogens is 288 g/mol. The highest BCUT2D eigenvalue weighted by Crippen LogP contribution is 2.30. The van der Waals surface area contributed by atoms with Gasteiger partial charge >= 0.3 is 4.87 Å². The fourth-order valence-corrected chi connectivity index (χ4v) is 3.67. The van der Waals surface area contributed by atoms with E-state index in [0.717, 1.165) is 35.7 Å². The highest BCUT2D eigenvalue weighted by molar-refractivity contribution is 7.09. The lowest BCUT2D eigenvalue weighted by Gasteiger charge is -2.24. The molecule has 1 aliphatic rings. The van der Waals surface area contributed by atoms with E-state index >= 15 is 0 Å².